The van der Waals surface area contributed by atoms with Crippen LogP contribution in [0.1, 0.15) is 20.8 Å². The van der Waals surface area contributed by atoms with Gasteiger partial charge >= 0.3 is 0 Å². The van der Waals surface area contributed by atoms with Crippen LogP contribution >= 0.6 is 0 Å². The smallest absolute Gasteiger partial charge is 0.300 e. The quantitative estimate of drug-likeness (QED) is 0.473. The van der Waals surface area contributed by atoms with Gasteiger partial charge in [-0.15, -0.1) is 0 Å². The second-order valence-corrected chi connectivity index (χ2v) is 1.56. The van der Waals surface area contributed by atoms with Gasteiger partial charge < -0.3 is 15.3 Å². The van der Waals surface area contributed by atoms with Crippen LogP contribution in [0.25, 0.3) is 0 Å². The summed E-state index contributed by atoms with van der Waals surface area (Å²) in [4.78, 5) is 27.0. The minimum absolute atomic E-state index is 0. The molecule has 0 aliphatic carbocycles. The van der Waals surface area contributed by atoms with E-state index in [1.165, 1.54) is 0 Å². The number of aliphatic carboxylic acids is 3. The molecular formula is C6H12NaO6. The summed E-state index contributed by atoms with van der Waals surface area (Å²) in [7, 11) is 0. The molecule has 7 heteroatoms. The van der Waals surface area contributed by atoms with Crippen molar-refractivity contribution in [2.24, 2.45) is 0 Å². The Bertz CT molecular complexity index is 115. The number of hydrogen-bond donors (Lipinski definition) is 3. The van der Waals surface area contributed by atoms with E-state index in [4.69, 9.17) is 29.7 Å². The number of hydrogen-bond acceptors (Lipinski definition) is 3. The number of carbonyl (C=O) groups is 3. The van der Waals surface area contributed by atoms with Gasteiger partial charge in [-0.2, -0.15) is 0 Å². The van der Waals surface area contributed by atoms with Crippen molar-refractivity contribution in [2.45, 2.75) is 20.8 Å². The normalized spacial score (nSPS) is 5.77. The van der Waals surface area contributed by atoms with Gasteiger partial charge in [0.2, 0.25) is 0 Å². The molecule has 6 nitrogen and oxygen atoms in total. The molecule has 0 aromatic heterocycles. The van der Waals surface area contributed by atoms with Crippen molar-refractivity contribution >= 4 is 47.5 Å². The molecule has 0 atom stereocenters. The topological polar surface area (TPSA) is 112 Å². The maximum absolute atomic E-state index is 9.00. The van der Waals surface area contributed by atoms with Crippen LogP contribution in [0.15, 0.2) is 0 Å². The van der Waals surface area contributed by atoms with E-state index in [9.17, 15) is 0 Å². The maximum atomic E-state index is 9.00. The molecule has 0 amide bonds. The Balaban J connectivity index is -0.0000000450. The molecular weight excluding hydrogens is 191 g/mol. The van der Waals surface area contributed by atoms with Crippen molar-refractivity contribution in [1.29, 1.82) is 0 Å². The fraction of sp³-hybridized carbons (Fsp3) is 0.500. The molecule has 0 unspecified atom stereocenters. The zero-order chi connectivity index (χ0) is 10.7. The molecule has 73 valence electrons. The molecule has 3 N–H and O–H groups in total. The fourth-order valence-corrected chi connectivity index (χ4v) is 0. The minimum Gasteiger partial charge on any atom is -0.481 e. The van der Waals surface area contributed by atoms with E-state index >= 15 is 0 Å². The van der Waals surface area contributed by atoms with E-state index in [0.717, 1.165) is 20.8 Å². The third kappa shape index (κ3) is 2900. The summed E-state index contributed by atoms with van der Waals surface area (Å²) in [6.07, 6.45) is 0. The molecule has 0 spiro atoms. The van der Waals surface area contributed by atoms with E-state index in [1.54, 1.807) is 0 Å². The average molecular weight is 203 g/mol. The van der Waals surface area contributed by atoms with E-state index in [-0.39, 0.29) is 29.6 Å². The van der Waals surface area contributed by atoms with Gasteiger partial charge in [0.05, 0.1) is 0 Å². The third-order valence-corrected chi connectivity index (χ3v) is 0. The first-order chi connectivity index (χ1) is 5.20. The van der Waals surface area contributed by atoms with Gasteiger partial charge in [0, 0.05) is 50.3 Å². The molecule has 0 aromatic rings. The Hall–Kier alpha value is -0.590. The molecule has 0 heterocycles. The monoisotopic (exact) mass is 203 g/mol. The zero-order valence-electron chi connectivity index (χ0n) is 8.07. The van der Waals surface area contributed by atoms with Crippen molar-refractivity contribution in [3.63, 3.8) is 0 Å². The van der Waals surface area contributed by atoms with Gasteiger partial charge in [0.25, 0.3) is 17.9 Å². The van der Waals surface area contributed by atoms with Gasteiger partial charge in [-0.3, -0.25) is 14.4 Å². The van der Waals surface area contributed by atoms with Crippen molar-refractivity contribution in [1.82, 2.24) is 0 Å². The molecule has 0 aromatic carbocycles. The molecule has 1 radical (unpaired) electrons. The Morgan fingerprint density at radius 1 is 0.692 bits per heavy atom. The Labute approximate surface area is 97.9 Å². The van der Waals surface area contributed by atoms with Crippen LogP contribution in [0.4, 0.5) is 0 Å². The van der Waals surface area contributed by atoms with Crippen LogP contribution in [0, 0.1) is 0 Å². The summed E-state index contributed by atoms with van der Waals surface area (Å²) in [6, 6.07) is 0. The van der Waals surface area contributed by atoms with E-state index in [0.29, 0.717) is 0 Å². The van der Waals surface area contributed by atoms with Crippen LogP contribution in [0.2, 0.25) is 0 Å². The summed E-state index contributed by atoms with van der Waals surface area (Å²) < 4.78 is 0. The van der Waals surface area contributed by atoms with Crippen molar-refractivity contribution < 1.29 is 29.7 Å². The van der Waals surface area contributed by atoms with Crippen LogP contribution in [0.3, 0.4) is 0 Å². The second-order valence-electron chi connectivity index (χ2n) is 1.56. The predicted octanol–water partition coefficient (Wildman–Crippen LogP) is -0.108. The van der Waals surface area contributed by atoms with E-state index < -0.39 is 17.9 Å². The largest absolute Gasteiger partial charge is 0.481 e. The SMILES string of the molecule is CC(=O)O.CC(=O)O.CC(=O)O.[Na]. The van der Waals surface area contributed by atoms with Gasteiger partial charge in [-0.1, -0.05) is 0 Å². The molecule has 0 saturated carbocycles. The molecule has 0 bridgehead atoms. The molecule has 0 saturated heterocycles. The summed E-state index contributed by atoms with van der Waals surface area (Å²) in [6.45, 7) is 3.25. The Morgan fingerprint density at radius 3 is 0.692 bits per heavy atom. The summed E-state index contributed by atoms with van der Waals surface area (Å²) >= 11 is 0. The molecule has 13 heavy (non-hydrogen) atoms. The van der Waals surface area contributed by atoms with E-state index in [2.05, 4.69) is 0 Å². The van der Waals surface area contributed by atoms with Gasteiger partial charge in [-0.05, 0) is 0 Å². The second kappa shape index (κ2) is 17.5. The summed E-state index contributed by atoms with van der Waals surface area (Å²) in [5.74, 6) is -2.50. The zero-order valence-corrected chi connectivity index (χ0v) is 10.1. The predicted molar refractivity (Wildman–Crippen MR) is 45.7 cm³/mol. The van der Waals surface area contributed by atoms with E-state index in [1.807, 2.05) is 0 Å². The van der Waals surface area contributed by atoms with Gasteiger partial charge in [0.1, 0.15) is 0 Å². The van der Waals surface area contributed by atoms with Crippen LogP contribution in [-0.2, 0) is 14.4 Å². The maximum Gasteiger partial charge on any atom is 0.300 e. The molecule has 0 rings (SSSR count). The molecule has 0 aliphatic rings. The third-order valence-electron chi connectivity index (χ3n) is 0. The fourth-order valence-electron chi connectivity index (χ4n) is 0. The number of rotatable bonds is 0. The summed E-state index contributed by atoms with van der Waals surface area (Å²) in [5, 5.41) is 22.2. The standard InChI is InChI=1S/3C2H4O2.Na/c3*1-2(3)4;/h3*1H3,(H,3,4);. The first kappa shape index (κ1) is 22.8. The van der Waals surface area contributed by atoms with Gasteiger partial charge in [-0.25, -0.2) is 0 Å². The van der Waals surface area contributed by atoms with Crippen LogP contribution < -0.4 is 0 Å². The first-order valence-electron chi connectivity index (χ1n) is 2.78. The van der Waals surface area contributed by atoms with Gasteiger partial charge in [0.15, 0.2) is 0 Å². The Kier molecular flexibility index (Phi) is 30.7. The number of carboxylic acids is 3. The Morgan fingerprint density at radius 2 is 0.692 bits per heavy atom. The first-order valence-corrected chi connectivity index (χ1v) is 2.78. The number of carboxylic acid groups (broad SMARTS) is 3. The summed E-state index contributed by atoms with van der Waals surface area (Å²) in [5.41, 5.74) is 0. The molecule has 0 fully saturated rings. The minimum atomic E-state index is -0.833. The average Bonchev–Trinajstić information content (AvgIpc) is 1.54. The van der Waals surface area contributed by atoms with Crippen LogP contribution in [0.5, 0.6) is 0 Å². The van der Waals surface area contributed by atoms with Crippen molar-refractivity contribution in [3.05, 3.63) is 0 Å². The molecule has 0 aliphatic heterocycles. The van der Waals surface area contributed by atoms with Crippen molar-refractivity contribution in [3.8, 4) is 0 Å². The van der Waals surface area contributed by atoms with Crippen LogP contribution in [-0.4, -0.2) is 62.8 Å². The van der Waals surface area contributed by atoms with Crippen molar-refractivity contribution in [2.75, 3.05) is 0 Å².